The summed E-state index contributed by atoms with van der Waals surface area (Å²) in [5.74, 6) is -0.486. The third-order valence-corrected chi connectivity index (χ3v) is 3.91. The number of carbonyl (C=O) groups is 1. The molecule has 1 amide bonds. The van der Waals surface area contributed by atoms with Gasteiger partial charge in [0.05, 0.1) is 4.90 Å². The average molecular weight is 344 g/mol. The Bertz CT molecular complexity index is 816. The molecule has 0 atom stereocenters. The number of amides is 1. The molecule has 0 saturated carbocycles. The summed E-state index contributed by atoms with van der Waals surface area (Å²) in [6.45, 7) is 1.32. The molecule has 2 rings (SSSR count). The Morgan fingerprint density at radius 3 is 2.43 bits per heavy atom. The maximum absolute atomic E-state index is 12.5. The molecule has 0 fully saturated rings. The minimum absolute atomic E-state index is 0.0833. The number of hydrogen-bond acceptors (Lipinski definition) is 4. The number of carbonyl (C=O) groups excluding carboxylic acids is 1. The number of halogens is 2. The van der Waals surface area contributed by atoms with Crippen LogP contribution in [0.25, 0.3) is 0 Å². The van der Waals surface area contributed by atoms with E-state index in [4.69, 9.17) is 5.14 Å². The quantitative estimate of drug-likeness (QED) is 0.855. The number of benzene rings is 1. The lowest BCUT2D eigenvalue weighted by atomic mass is 10.3. The standard InChI is InChI=1S/C13H14F2N4O3S/c1-8-6-11(13(14)15)18-19(8)7-12(20)17-9-2-4-10(5-3-9)23(16,21)22/h2-6,13H,7H2,1H3,(H,17,20)(H2,16,21,22). The number of anilines is 1. The molecule has 0 aliphatic heterocycles. The molecule has 2 aromatic rings. The van der Waals surface area contributed by atoms with Crippen LogP contribution < -0.4 is 10.5 Å². The fraction of sp³-hybridized carbons (Fsp3) is 0.231. The van der Waals surface area contributed by atoms with Gasteiger partial charge in [0.2, 0.25) is 15.9 Å². The summed E-state index contributed by atoms with van der Waals surface area (Å²) in [6, 6.07) is 6.45. The lowest BCUT2D eigenvalue weighted by Crippen LogP contribution is -2.20. The van der Waals surface area contributed by atoms with Crippen molar-refractivity contribution >= 4 is 21.6 Å². The fourth-order valence-corrected chi connectivity index (χ4v) is 2.38. The Morgan fingerprint density at radius 2 is 1.96 bits per heavy atom. The zero-order valence-corrected chi connectivity index (χ0v) is 12.8. The van der Waals surface area contributed by atoms with Crippen LogP contribution in [0.3, 0.4) is 0 Å². The Hall–Kier alpha value is -2.33. The van der Waals surface area contributed by atoms with Gasteiger partial charge >= 0.3 is 0 Å². The van der Waals surface area contributed by atoms with E-state index in [0.717, 1.165) is 4.68 Å². The van der Waals surface area contributed by atoms with Crippen molar-refractivity contribution in [3.8, 4) is 0 Å². The highest BCUT2D eigenvalue weighted by Crippen LogP contribution is 2.18. The summed E-state index contributed by atoms with van der Waals surface area (Å²) in [5, 5.41) is 11.1. The van der Waals surface area contributed by atoms with E-state index in [-0.39, 0.29) is 11.4 Å². The van der Waals surface area contributed by atoms with Crippen LogP contribution in [0, 0.1) is 6.92 Å². The molecular weight excluding hydrogens is 330 g/mol. The maximum Gasteiger partial charge on any atom is 0.282 e. The van der Waals surface area contributed by atoms with Gasteiger partial charge in [-0.1, -0.05) is 0 Å². The average Bonchev–Trinajstić information content (AvgIpc) is 2.80. The van der Waals surface area contributed by atoms with Gasteiger partial charge in [-0.15, -0.1) is 0 Å². The summed E-state index contributed by atoms with van der Waals surface area (Å²) in [6.07, 6.45) is -2.70. The molecule has 10 heteroatoms. The van der Waals surface area contributed by atoms with Gasteiger partial charge < -0.3 is 5.32 Å². The topological polar surface area (TPSA) is 107 Å². The van der Waals surface area contributed by atoms with Crippen LogP contribution >= 0.6 is 0 Å². The second-order valence-electron chi connectivity index (χ2n) is 4.79. The van der Waals surface area contributed by atoms with E-state index in [1.165, 1.54) is 30.3 Å². The molecule has 124 valence electrons. The van der Waals surface area contributed by atoms with Gasteiger partial charge in [-0.05, 0) is 37.3 Å². The SMILES string of the molecule is Cc1cc(C(F)F)nn1CC(=O)Nc1ccc(S(N)(=O)=O)cc1. The predicted molar refractivity (Wildman–Crippen MR) is 78.4 cm³/mol. The molecule has 1 aromatic heterocycles. The summed E-state index contributed by atoms with van der Waals surface area (Å²) < 4.78 is 48.5. The molecule has 0 spiro atoms. The number of hydrogen-bond donors (Lipinski definition) is 2. The van der Waals surface area contributed by atoms with Crippen molar-refractivity contribution in [1.29, 1.82) is 0 Å². The normalized spacial score (nSPS) is 11.7. The Kier molecular flexibility index (Phi) is 4.76. The van der Waals surface area contributed by atoms with Gasteiger partial charge in [0, 0.05) is 11.4 Å². The van der Waals surface area contributed by atoms with Crippen LogP contribution in [0.15, 0.2) is 35.2 Å². The fourth-order valence-electron chi connectivity index (χ4n) is 1.87. The van der Waals surface area contributed by atoms with Gasteiger partial charge in [0.25, 0.3) is 6.43 Å². The largest absolute Gasteiger partial charge is 0.324 e. The van der Waals surface area contributed by atoms with Crippen molar-refractivity contribution in [2.75, 3.05) is 5.32 Å². The van der Waals surface area contributed by atoms with Crippen LogP contribution in [-0.4, -0.2) is 24.1 Å². The van der Waals surface area contributed by atoms with Gasteiger partial charge in [0.15, 0.2) is 0 Å². The molecular formula is C13H14F2N4O3S. The highest BCUT2D eigenvalue weighted by Gasteiger charge is 2.15. The third-order valence-electron chi connectivity index (χ3n) is 2.98. The van der Waals surface area contributed by atoms with E-state index in [1.807, 2.05) is 0 Å². The first kappa shape index (κ1) is 17.0. The number of nitrogens with zero attached hydrogens (tertiary/aromatic N) is 2. The summed E-state index contributed by atoms with van der Waals surface area (Å²) in [4.78, 5) is 11.8. The third kappa shape index (κ3) is 4.33. The van der Waals surface area contributed by atoms with Crippen LogP contribution in [0.5, 0.6) is 0 Å². The van der Waals surface area contributed by atoms with Crippen LogP contribution in [0.4, 0.5) is 14.5 Å². The van der Waals surface area contributed by atoms with E-state index in [2.05, 4.69) is 10.4 Å². The molecule has 3 N–H and O–H groups in total. The number of sulfonamides is 1. The van der Waals surface area contributed by atoms with Gasteiger partial charge in [-0.3, -0.25) is 9.48 Å². The van der Waals surface area contributed by atoms with Crippen LogP contribution in [0.2, 0.25) is 0 Å². The zero-order valence-electron chi connectivity index (χ0n) is 12.0. The molecule has 0 aliphatic rings. The first-order valence-electron chi connectivity index (χ1n) is 6.42. The number of nitrogens with two attached hydrogens (primary N) is 1. The van der Waals surface area contributed by atoms with Crippen molar-refractivity contribution in [2.45, 2.75) is 24.8 Å². The number of alkyl halides is 2. The molecule has 0 unspecified atom stereocenters. The lowest BCUT2D eigenvalue weighted by molar-refractivity contribution is -0.117. The molecule has 7 nitrogen and oxygen atoms in total. The number of aryl methyl sites for hydroxylation is 1. The van der Waals surface area contributed by atoms with Gasteiger partial charge in [0.1, 0.15) is 12.2 Å². The number of aromatic nitrogens is 2. The van der Waals surface area contributed by atoms with Gasteiger partial charge in [-0.25, -0.2) is 22.3 Å². The minimum atomic E-state index is -3.81. The van der Waals surface area contributed by atoms with Crippen LogP contribution in [-0.2, 0) is 21.4 Å². The molecule has 0 aliphatic carbocycles. The lowest BCUT2D eigenvalue weighted by Gasteiger charge is -2.07. The predicted octanol–water partition coefficient (Wildman–Crippen LogP) is 1.42. The number of nitrogens with one attached hydrogen (secondary N) is 1. The molecule has 23 heavy (non-hydrogen) atoms. The summed E-state index contributed by atoms with van der Waals surface area (Å²) >= 11 is 0. The maximum atomic E-state index is 12.5. The van der Waals surface area contributed by atoms with Crippen molar-refractivity contribution in [2.24, 2.45) is 5.14 Å². The van der Waals surface area contributed by atoms with E-state index >= 15 is 0 Å². The highest BCUT2D eigenvalue weighted by molar-refractivity contribution is 7.89. The smallest absolute Gasteiger partial charge is 0.282 e. The van der Waals surface area contributed by atoms with E-state index in [9.17, 15) is 22.0 Å². The molecule has 1 heterocycles. The number of primary sulfonamides is 1. The van der Waals surface area contributed by atoms with E-state index < -0.39 is 28.0 Å². The zero-order chi connectivity index (χ0) is 17.2. The number of rotatable bonds is 5. The Morgan fingerprint density at radius 1 is 1.35 bits per heavy atom. The van der Waals surface area contributed by atoms with Crippen molar-refractivity contribution in [1.82, 2.24) is 9.78 Å². The molecule has 0 radical (unpaired) electrons. The summed E-state index contributed by atoms with van der Waals surface area (Å²) in [5.41, 5.74) is 0.383. The highest BCUT2D eigenvalue weighted by atomic mass is 32.2. The molecule has 0 saturated heterocycles. The first-order chi connectivity index (χ1) is 10.7. The second kappa shape index (κ2) is 6.42. The molecule has 1 aromatic carbocycles. The Balaban J connectivity index is 2.05. The minimum Gasteiger partial charge on any atom is -0.324 e. The van der Waals surface area contributed by atoms with E-state index in [0.29, 0.717) is 11.4 Å². The van der Waals surface area contributed by atoms with E-state index in [1.54, 1.807) is 6.92 Å². The second-order valence-corrected chi connectivity index (χ2v) is 6.35. The van der Waals surface area contributed by atoms with Crippen molar-refractivity contribution in [3.63, 3.8) is 0 Å². The molecule has 0 bridgehead atoms. The Labute approximate surface area is 131 Å². The van der Waals surface area contributed by atoms with Crippen LogP contribution in [0.1, 0.15) is 17.8 Å². The van der Waals surface area contributed by atoms with Gasteiger partial charge in [-0.2, -0.15) is 5.10 Å². The van der Waals surface area contributed by atoms with Crippen molar-refractivity contribution in [3.05, 3.63) is 41.7 Å². The summed E-state index contributed by atoms with van der Waals surface area (Å²) in [7, 11) is -3.81. The first-order valence-corrected chi connectivity index (χ1v) is 7.96. The monoisotopic (exact) mass is 344 g/mol. The van der Waals surface area contributed by atoms with Crippen molar-refractivity contribution < 1.29 is 22.0 Å².